The van der Waals surface area contributed by atoms with Crippen LogP contribution in [0.2, 0.25) is 0 Å². The monoisotopic (exact) mass is 215 g/mol. The van der Waals surface area contributed by atoms with E-state index >= 15 is 0 Å². The first kappa shape index (κ1) is 11.2. The van der Waals surface area contributed by atoms with Crippen molar-refractivity contribution in [1.82, 2.24) is 0 Å². The Morgan fingerprint density at radius 1 is 1.43 bits per heavy atom. The third-order valence-electron chi connectivity index (χ3n) is 1.96. The van der Waals surface area contributed by atoms with E-state index in [4.69, 9.17) is 5.90 Å². The van der Waals surface area contributed by atoms with Gasteiger partial charge in [-0.25, -0.2) is 14.3 Å². The van der Waals surface area contributed by atoms with Gasteiger partial charge in [-0.1, -0.05) is 12.1 Å². The molecule has 0 aliphatic heterocycles. The van der Waals surface area contributed by atoms with Crippen LogP contribution in [-0.4, -0.2) is 14.7 Å². The van der Waals surface area contributed by atoms with Crippen LogP contribution in [0.15, 0.2) is 29.2 Å². The minimum Gasteiger partial charge on any atom is -0.297 e. The van der Waals surface area contributed by atoms with E-state index in [2.05, 4.69) is 4.84 Å². The summed E-state index contributed by atoms with van der Waals surface area (Å²) in [7, 11) is -3.16. The number of hydrogen-bond acceptors (Lipinski definition) is 4. The summed E-state index contributed by atoms with van der Waals surface area (Å²) in [5.41, 5.74) is 0.746. The van der Waals surface area contributed by atoms with E-state index in [1.54, 1.807) is 31.2 Å². The van der Waals surface area contributed by atoms with Gasteiger partial charge in [-0.3, -0.25) is 4.84 Å². The maximum absolute atomic E-state index is 11.2. The third kappa shape index (κ3) is 2.54. The van der Waals surface area contributed by atoms with Crippen LogP contribution in [0.4, 0.5) is 0 Å². The number of sulfone groups is 1. The second kappa shape index (κ2) is 4.08. The molecule has 78 valence electrons. The molecule has 1 unspecified atom stereocenters. The summed E-state index contributed by atoms with van der Waals surface area (Å²) in [6, 6.07) is 6.54. The third-order valence-corrected chi connectivity index (χ3v) is 3.07. The first-order valence-corrected chi connectivity index (χ1v) is 6.00. The predicted octanol–water partition coefficient (Wildman–Crippen LogP) is 1.04. The van der Waals surface area contributed by atoms with Crippen molar-refractivity contribution >= 4 is 9.84 Å². The Bertz CT molecular complexity index is 414. The lowest BCUT2D eigenvalue weighted by Gasteiger charge is -2.09. The van der Waals surface area contributed by atoms with Crippen LogP contribution in [-0.2, 0) is 14.7 Å². The molecule has 0 aromatic heterocycles. The smallest absolute Gasteiger partial charge is 0.175 e. The zero-order valence-corrected chi connectivity index (χ0v) is 8.91. The molecule has 0 amide bonds. The molecule has 5 heteroatoms. The van der Waals surface area contributed by atoms with Crippen molar-refractivity contribution in [2.75, 3.05) is 6.26 Å². The topological polar surface area (TPSA) is 69.4 Å². The molecular weight excluding hydrogens is 202 g/mol. The standard InChI is InChI=1S/C9H13NO3S/c1-7(13-10)8-4-3-5-9(6-8)14(2,11)12/h3-7H,10H2,1-2H3. The van der Waals surface area contributed by atoms with E-state index in [1.807, 2.05) is 0 Å². The van der Waals surface area contributed by atoms with E-state index in [0.29, 0.717) is 0 Å². The molecule has 0 heterocycles. The largest absolute Gasteiger partial charge is 0.297 e. The lowest BCUT2D eigenvalue weighted by atomic mass is 10.1. The van der Waals surface area contributed by atoms with E-state index < -0.39 is 9.84 Å². The summed E-state index contributed by atoms with van der Waals surface area (Å²) >= 11 is 0. The number of benzene rings is 1. The Morgan fingerprint density at radius 2 is 2.07 bits per heavy atom. The second-order valence-electron chi connectivity index (χ2n) is 3.12. The second-order valence-corrected chi connectivity index (χ2v) is 5.14. The first-order valence-electron chi connectivity index (χ1n) is 4.10. The van der Waals surface area contributed by atoms with Crippen LogP contribution in [0.1, 0.15) is 18.6 Å². The van der Waals surface area contributed by atoms with Crippen molar-refractivity contribution in [2.24, 2.45) is 5.90 Å². The fourth-order valence-corrected chi connectivity index (χ4v) is 1.75. The van der Waals surface area contributed by atoms with Crippen molar-refractivity contribution in [3.05, 3.63) is 29.8 Å². The average molecular weight is 215 g/mol. The molecule has 14 heavy (non-hydrogen) atoms. The van der Waals surface area contributed by atoms with Crippen LogP contribution in [0.3, 0.4) is 0 Å². The lowest BCUT2D eigenvalue weighted by molar-refractivity contribution is 0.0663. The molecule has 0 spiro atoms. The molecule has 0 aliphatic rings. The summed E-state index contributed by atoms with van der Waals surface area (Å²) in [5.74, 6) is 5.01. The highest BCUT2D eigenvalue weighted by Crippen LogP contribution is 2.18. The zero-order valence-electron chi connectivity index (χ0n) is 8.10. The summed E-state index contributed by atoms with van der Waals surface area (Å²) in [4.78, 5) is 4.89. The van der Waals surface area contributed by atoms with Crippen molar-refractivity contribution < 1.29 is 13.3 Å². The Hall–Kier alpha value is -0.910. The minimum atomic E-state index is -3.16. The molecule has 1 aromatic rings. The van der Waals surface area contributed by atoms with Crippen LogP contribution < -0.4 is 5.90 Å². The Labute approximate surface area is 83.6 Å². The molecule has 0 fully saturated rings. The predicted molar refractivity (Wildman–Crippen MR) is 53.2 cm³/mol. The van der Waals surface area contributed by atoms with Gasteiger partial charge in [0.05, 0.1) is 4.90 Å². The SMILES string of the molecule is CC(ON)c1cccc(S(C)(=O)=O)c1. The maximum atomic E-state index is 11.2. The molecule has 1 rings (SSSR count). The fraction of sp³-hybridized carbons (Fsp3) is 0.333. The highest BCUT2D eigenvalue weighted by molar-refractivity contribution is 7.90. The van der Waals surface area contributed by atoms with E-state index in [9.17, 15) is 8.42 Å². The van der Waals surface area contributed by atoms with Crippen LogP contribution in [0.5, 0.6) is 0 Å². The molecule has 0 aliphatic carbocycles. The van der Waals surface area contributed by atoms with Gasteiger partial charge in [0, 0.05) is 6.26 Å². The zero-order chi connectivity index (χ0) is 10.8. The van der Waals surface area contributed by atoms with Gasteiger partial charge in [0.1, 0.15) is 6.10 Å². The average Bonchev–Trinajstić information content (AvgIpc) is 2.15. The molecule has 0 saturated carbocycles. The Balaban J connectivity index is 3.14. The fourth-order valence-electron chi connectivity index (χ4n) is 1.08. The highest BCUT2D eigenvalue weighted by atomic mass is 32.2. The van der Waals surface area contributed by atoms with Crippen LogP contribution >= 0.6 is 0 Å². The van der Waals surface area contributed by atoms with E-state index in [1.165, 1.54) is 6.26 Å². The van der Waals surface area contributed by atoms with Crippen LogP contribution in [0.25, 0.3) is 0 Å². The van der Waals surface area contributed by atoms with Crippen molar-refractivity contribution in [3.63, 3.8) is 0 Å². The summed E-state index contributed by atoms with van der Waals surface area (Å²) in [6.07, 6.45) is 0.858. The molecule has 0 saturated heterocycles. The quantitative estimate of drug-likeness (QED) is 0.765. The molecule has 0 bridgehead atoms. The van der Waals surface area contributed by atoms with Gasteiger partial charge in [-0.05, 0) is 24.6 Å². The molecule has 0 radical (unpaired) electrons. The highest BCUT2D eigenvalue weighted by Gasteiger charge is 2.10. The first-order chi connectivity index (χ1) is 6.45. The normalized spacial score (nSPS) is 13.9. The van der Waals surface area contributed by atoms with Crippen LogP contribution in [0, 0.1) is 0 Å². The number of rotatable bonds is 3. The van der Waals surface area contributed by atoms with Gasteiger partial charge in [-0.15, -0.1) is 0 Å². The summed E-state index contributed by atoms with van der Waals surface area (Å²) in [6.45, 7) is 1.75. The lowest BCUT2D eigenvalue weighted by Crippen LogP contribution is -2.06. The summed E-state index contributed by atoms with van der Waals surface area (Å²) < 4.78 is 22.4. The Morgan fingerprint density at radius 3 is 2.57 bits per heavy atom. The minimum absolute atomic E-state index is 0.277. The number of nitrogens with two attached hydrogens (primary N) is 1. The van der Waals surface area contributed by atoms with E-state index in [0.717, 1.165) is 5.56 Å². The number of hydrogen-bond donors (Lipinski definition) is 1. The molecule has 4 nitrogen and oxygen atoms in total. The van der Waals surface area contributed by atoms with Gasteiger partial charge in [-0.2, -0.15) is 0 Å². The molecule has 1 atom stereocenters. The van der Waals surface area contributed by atoms with Gasteiger partial charge < -0.3 is 0 Å². The van der Waals surface area contributed by atoms with Crippen molar-refractivity contribution in [1.29, 1.82) is 0 Å². The van der Waals surface area contributed by atoms with Gasteiger partial charge in [0.2, 0.25) is 0 Å². The van der Waals surface area contributed by atoms with Gasteiger partial charge >= 0.3 is 0 Å². The van der Waals surface area contributed by atoms with Gasteiger partial charge in [0.15, 0.2) is 9.84 Å². The Kier molecular flexibility index (Phi) is 3.25. The van der Waals surface area contributed by atoms with Gasteiger partial charge in [0.25, 0.3) is 0 Å². The van der Waals surface area contributed by atoms with E-state index in [-0.39, 0.29) is 11.0 Å². The van der Waals surface area contributed by atoms with Crippen molar-refractivity contribution in [3.8, 4) is 0 Å². The maximum Gasteiger partial charge on any atom is 0.175 e. The van der Waals surface area contributed by atoms with Crippen molar-refractivity contribution in [2.45, 2.75) is 17.9 Å². The molecule has 1 aromatic carbocycles. The molecular formula is C9H13NO3S. The summed E-state index contributed by atoms with van der Waals surface area (Å²) in [5, 5.41) is 0. The molecule has 2 N–H and O–H groups in total.